The molecule has 3 rings (SSSR count). The number of carbonyl (C=O) groups is 1. The van der Waals surface area contributed by atoms with Gasteiger partial charge in [-0.25, -0.2) is 13.8 Å². The molecular weight excluding hydrogens is 364 g/mol. The first kappa shape index (κ1) is 19.4. The van der Waals surface area contributed by atoms with Gasteiger partial charge in [-0.05, 0) is 43.3 Å². The van der Waals surface area contributed by atoms with Crippen LogP contribution in [-0.4, -0.2) is 22.5 Å². The summed E-state index contributed by atoms with van der Waals surface area (Å²) in [5.74, 6) is -1.57. The number of nitrogens with zero attached hydrogens (tertiary/aromatic N) is 1. The van der Waals surface area contributed by atoms with Gasteiger partial charge in [-0.2, -0.15) is 0 Å². The van der Waals surface area contributed by atoms with Gasteiger partial charge in [0.25, 0.3) is 5.91 Å². The summed E-state index contributed by atoms with van der Waals surface area (Å²) < 4.78 is 27.4. The first-order valence-corrected chi connectivity index (χ1v) is 8.64. The average molecular weight is 383 g/mol. The Hall–Kier alpha value is -3.32. The number of pyridine rings is 1. The first-order valence-electron chi connectivity index (χ1n) is 8.64. The van der Waals surface area contributed by atoms with Crippen LogP contribution in [-0.2, 0) is 0 Å². The van der Waals surface area contributed by atoms with E-state index >= 15 is 0 Å². The standard InChI is InChI=1S/C21H19F2N3O2/c1-13-5-8-15(9-6-13)26-21(28)14-7-10-19(24-11-14)25-12-18(27)20-16(22)3-2-4-17(20)23/h2-11,18,27H,12H2,1H3,(H,24,25)(H,26,28). The highest BCUT2D eigenvalue weighted by atomic mass is 19.1. The topological polar surface area (TPSA) is 74.2 Å². The SMILES string of the molecule is Cc1ccc(NC(=O)c2ccc(NCC(O)c3c(F)cccc3F)nc2)cc1. The summed E-state index contributed by atoms with van der Waals surface area (Å²) >= 11 is 0. The molecule has 1 unspecified atom stereocenters. The van der Waals surface area contributed by atoms with Gasteiger partial charge in [0.15, 0.2) is 0 Å². The van der Waals surface area contributed by atoms with Crippen molar-refractivity contribution in [3.8, 4) is 0 Å². The molecule has 1 heterocycles. The molecule has 5 nitrogen and oxygen atoms in total. The van der Waals surface area contributed by atoms with Crippen LogP contribution < -0.4 is 10.6 Å². The molecule has 2 aromatic carbocycles. The van der Waals surface area contributed by atoms with E-state index in [9.17, 15) is 18.7 Å². The Balaban J connectivity index is 1.59. The zero-order chi connectivity index (χ0) is 20.1. The summed E-state index contributed by atoms with van der Waals surface area (Å²) in [4.78, 5) is 16.3. The summed E-state index contributed by atoms with van der Waals surface area (Å²) in [6.45, 7) is 1.82. The number of aliphatic hydroxyl groups is 1. The average Bonchev–Trinajstić information content (AvgIpc) is 2.68. The molecule has 1 aromatic heterocycles. The Bertz CT molecular complexity index is 940. The Morgan fingerprint density at radius 2 is 1.75 bits per heavy atom. The van der Waals surface area contributed by atoms with Crippen LogP contribution in [0.1, 0.15) is 27.6 Å². The number of aromatic nitrogens is 1. The van der Waals surface area contributed by atoms with Gasteiger partial charge in [0, 0.05) is 18.4 Å². The summed E-state index contributed by atoms with van der Waals surface area (Å²) in [5, 5.41) is 15.6. The van der Waals surface area contributed by atoms with Crippen molar-refractivity contribution in [3.05, 3.63) is 89.1 Å². The third-order valence-electron chi connectivity index (χ3n) is 4.14. The lowest BCUT2D eigenvalue weighted by Gasteiger charge is -2.14. The van der Waals surface area contributed by atoms with Gasteiger partial charge >= 0.3 is 0 Å². The normalized spacial score (nSPS) is 11.7. The van der Waals surface area contributed by atoms with E-state index in [1.807, 2.05) is 19.1 Å². The summed E-state index contributed by atoms with van der Waals surface area (Å²) in [6, 6.07) is 13.9. The van der Waals surface area contributed by atoms with Crippen molar-refractivity contribution in [1.82, 2.24) is 4.98 Å². The molecule has 0 bridgehead atoms. The largest absolute Gasteiger partial charge is 0.386 e. The highest BCUT2D eigenvalue weighted by Gasteiger charge is 2.17. The Labute approximate surface area is 161 Å². The van der Waals surface area contributed by atoms with Crippen LogP contribution in [0.25, 0.3) is 0 Å². The maximum Gasteiger partial charge on any atom is 0.257 e. The highest BCUT2D eigenvalue weighted by molar-refractivity contribution is 6.04. The number of aryl methyl sites for hydroxylation is 1. The fraction of sp³-hybridized carbons (Fsp3) is 0.143. The molecule has 0 fully saturated rings. The van der Waals surface area contributed by atoms with E-state index in [4.69, 9.17) is 0 Å². The molecule has 1 amide bonds. The lowest BCUT2D eigenvalue weighted by molar-refractivity contribution is 0.102. The number of anilines is 2. The molecule has 28 heavy (non-hydrogen) atoms. The number of hydrogen-bond donors (Lipinski definition) is 3. The number of amides is 1. The predicted octanol–water partition coefficient (Wildman–Crippen LogP) is 4.07. The van der Waals surface area contributed by atoms with E-state index in [1.165, 1.54) is 12.3 Å². The van der Waals surface area contributed by atoms with Crippen molar-refractivity contribution in [1.29, 1.82) is 0 Å². The van der Waals surface area contributed by atoms with Gasteiger partial charge in [0.1, 0.15) is 23.6 Å². The molecule has 1 atom stereocenters. The van der Waals surface area contributed by atoms with E-state index < -0.39 is 23.3 Å². The second-order valence-electron chi connectivity index (χ2n) is 6.28. The maximum atomic E-state index is 13.7. The van der Waals surface area contributed by atoms with E-state index in [-0.39, 0.29) is 12.5 Å². The third kappa shape index (κ3) is 4.69. The van der Waals surface area contributed by atoms with Crippen LogP contribution in [0, 0.1) is 18.6 Å². The Morgan fingerprint density at radius 1 is 1.07 bits per heavy atom. The number of halogens is 2. The van der Waals surface area contributed by atoms with Crippen LogP contribution in [0.2, 0.25) is 0 Å². The van der Waals surface area contributed by atoms with Gasteiger partial charge in [0.2, 0.25) is 0 Å². The molecule has 0 aliphatic carbocycles. The predicted molar refractivity (Wildman–Crippen MR) is 103 cm³/mol. The fourth-order valence-electron chi connectivity index (χ4n) is 2.61. The number of rotatable bonds is 6. The Morgan fingerprint density at radius 3 is 2.36 bits per heavy atom. The number of aliphatic hydroxyl groups excluding tert-OH is 1. The van der Waals surface area contributed by atoms with E-state index in [1.54, 1.807) is 24.3 Å². The number of benzene rings is 2. The maximum absolute atomic E-state index is 13.7. The molecule has 3 aromatic rings. The summed E-state index contributed by atoms with van der Waals surface area (Å²) in [6.07, 6.45) is -0.00503. The number of carbonyl (C=O) groups excluding carboxylic acids is 1. The van der Waals surface area contributed by atoms with Crippen molar-refractivity contribution in [2.24, 2.45) is 0 Å². The molecule has 0 spiro atoms. The monoisotopic (exact) mass is 383 g/mol. The van der Waals surface area contributed by atoms with Gasteiger partial charge in [-0.3, -0.25) is 4.79 Å². The molecule has 3 N–H and O–H groups in total. The lowest BCUT2D eigenvalue weighted by atomic mass is 10.1. The van der Waals surface area contributed by atoms with E-state index in [2.05, 4.69) is 15.6 Å². The van der Waals surface area contributed by atoms with Crippen molar-refractivity contribution in [2.75, 3.05) is 17.2 Å². The summed E-state index contributed by atoms with van der Waals surface area (Å²) in [7, 11) is 0. The third-order valence-corrected chi connectivity index (χ3v) is 4.14. The highest BCUT2D eigenvalue weighted by Crippen LogP contribution is 2.21. The van der Waals surface area contributed by atoms with Crippen LogP contribution in [0.3, 0.4) is 0 Å². The number of nitrogens with one attached hydrogen (secondary N) is 2. The molecule has 144 valence electrons. The molecule has 0 aliphatic heterocycles. The minimum Gasteiger partial charge on any atom is -0.386 e. The van der Waals surface area contributed by atoms with Crippen molar-refractivity contribution in [3.63, 3.8) is 0 Å². The molecule has 0 saturated heterocycles. The first-order chi connectivity index (χ1) is 13.4. The Kier molecular flexibility index (Phi) is 5.96. The quantitative estimate of drug-likeness (QED) is 0.600. The number of hydrogen-bond acceptors (Lipinski definition) is 4. The van der Waals surface area contributed by atoms with Crippen molar-refractivity contribution in [2.45, 2.75) is 13.0 Å². The molecular formula is C21H19F2N3O2. The van der Waals surface area contributed by atoms with Crippen LogP contribution in [0.4, 0.5) is 20.3 Å². The zero-order valence-electron chi connectivity index (χ0n) is 15.1. The van der Waals surface area contributed by atoms with Crippen molar-refractivity contribution < 1.29 is 18.7 Å². The van der Waals surface area contributed by atoms with E-state index in [0.717, 1.165) is 17.7 Å². The fourth-order valence-corrected chi connectivity index (χ4v) is 2.61. The summed E-state index contributed by atoms with van der Waals surface area (Å²) in [5.41, 5.74) is 1.72. The zero-order valence-corrected chi connectivity index (χ0v) is 15.1. The molecule has 7 heteroatoms. The molecule has 0 aliphatic rings. The van der Waals surface area contributed by atoms with Gasteiger partial charge in [0.05, 0.1) is 11.1 Å². The van der Waals surface area contributed by atoms with Crippen LogP contribution in [0.5, 0.6) is 0 Å². The van der Waals surface area contributed by atoms with E-state index in [0.29, 0.717) is 17.1 Å². The van der Waals surface area contributed by atoms with Gasteiger partial charge < -0.3 is 15.7 Å². The minimum atomic E-state index is -1.38. The van der Waals surface area contributed by atoms with Crippen molar-refractivity contribution >= 4 is 17.4 Å². The van der Waals surface area contributed by atoms with Crippen LogP contribution >= 0.6 is 0 Å². The van der Waals surface area contributed by atoms with Crippen LogP contribution in [0.15, 0.2) is 60.8 Å². The lowest BCUT2D eigenvalue weighted by Crippen LogP contribution is -2.16. The second-order valence-corrected chi connectivity index (χ2v) is 6.28. The smallest absolute Gasteiger partial charge is 0.257 e. The second kappa shape index (κ2) is 8.58. The van der Waals surface area contributed by atoms with Gasteiger partial charge in [-0.1, -0.05) is 23.8 Å². The molecule has 0 saturated carbocycles. The molecule has 0 radical (unpaired) electrons. The van der Waals surface area contributed by atoms with Gasteiger partial charge in [-0.15, -0.1) is 0 Å². The minimum absolute atomic E-state index is 0.139.